The number of thioether (sulfide) groups is 1. The highest BCUT2D eigenvalue weighted by Crippen LogP contribution is 2.30. The van der Waals surface area contributed by atoms with Gasteiger partial charge in [0.25, 0.3) is 0 Å². The second kappa shape index (κ2) is 8.89. The molecule has 0 saturated heterocycles. The maximum Gasteiger partial charge on any atom is 0.237 e. The quantitative estimate of drug-likeness (QED) is 0.633. The molecule has 2 N–H and O–H groups in total. The topological polar surface area (TPSA) is 66.9 Å². The molecule has 24 heavy (non-hydrogen) atoms. The summed E-state index contributed by atoms with van der Waals surface area (Å²) < 4.78 is 0.742. The number of hydrogen-bond acceptors (Lipinski definition) is 6. The second-order valence-electron chi connectivity index (χ2n) is 5.52. The van der Waals surface area contributed by atoms with Crippen LogP contribution in [0.25, 0.3) is 0 Å². The van der Waals surface area contributed by atoms with Crippen LogP contribution in [0.5, 0.6) is 0 Å². The van der Waals surface area contributed by atoms with Crippen LogP contribution in [0.2, 0.25) is 10.0 Å². The first-order chi connectivity index (χ1) is 11.3. The van der Waals surface area contributed by atoms with Crippen LogP contribution in [0.15, 0.2) is 22.5 Å². The van der Waals surface area contributed by atoms with Crippen LogP contribution in [0, 0.1) is 5.92 Å². The highest BCUT2D eigenvalue weighted by Gasteiger charge is 2.18. The van der Waals surface area contributed by atoms with Crippen molar-refractivity contribution in [3.05, 3.63) is 28.2 Å². The van der Waals surface area contributed by atoms with Crippen molar-refractivity contribution >= 4 is 63.0 Å². The molecule has 9 heteroatoms. The number of aromatic nitrogens is 2. The maximum atomic E-state index is 12.3. The van der Waals surface area contributed by atoms with Crippen molar-refractivity contribution in [3.63, 3.8) is 0 Å². The number of amides is 1. The molecular weight excluding hydrogens is 387 g/mol. The number of hydrogen-bond donors (Lipinski definition) is 2. The smallest absolute Gasteiger partial charge is 0.237 e. The van der Waals surface area contributed by atoms with Crippen LogP contribution in [-0.2, 0) is 4.79 Å². The first-order valence-corrected chi connectivity index (χ1v) is 9.80. The zero-order valence-electron chi connectivity index (χ0n) is 13.5. The summed E-state index contributed by atoms with van der Waals surface area (Å²) in [5.74, 6) is 0.370. The molecule has 2 rings (SSSR count). The van der Waals surface area contributed by atoms with E-state index in [0.29, 0.717) is 21.7 Å². The maximum absolute atomic E-state index is 12.3. The van der Waals surface area contributed by atoms with Gasteiger partial charge in [0.2, 0.25) is 11.0 Å². The molecule has 0 aliphatic rings. The van der Waals surface area contributed by atoms with Crippen LogP contribution < -0.4 is 10.6 Å². The van der Waals surface area contributed by atoms with Crippen molar-refractivity contribution in [1.82, 2.24) is 10.2 Å². The molecule has 0 spiro atoms. The van der Waals surface area contributed by atoms with Gasteiger partial charge in [-0.05, 0) is 31.0 Å². The zero-order valence-corrected chi connectivity index (χ0v) is 16.6. The summed E-state index contributed by atoms with van der Waals surface area (Å²) in [5, 5.41) is 15.6. The average molecular weight is 405 g/mol. The fourth-order valence-electron chi connectivity index (χ4n) is 1.65. The third kappa shape index (κ3) is 5.81. The molecule has 1 aromatic heterocycles. The number of halogens is 2. The number of nitrogens with zero attached hydrogens (tertiary/aromatic N) is 2. The van der Waals surface area contributed by atoms with E-state index in [1.54, 1.807) is 18.2 Å². The highest BCUT2D eigenvalue weighted by atomic mass is 35.5. The molecule has 130 valence electrons. The lowest BCUT2D eigenvalue weighted by Crippen LogP contribution is -2.22. The van der Waals surface area contributed by atoms with E-state index in [-0.39, 0.29) is 11.2 Å². The molecule has 0 saturated carbocycles. The molecule has 1 heterocycles. The lowest BCUT2D eigenvalue weighted by molar-refractivity contribution is -0.115. The van der Waals surface area contributed by atoms with Gasteiger partial charge in [-0.1, -0.05) is 60.1 Å². The molecule has 0 fully saturated rings. The minimum absolute atomic E-state index is 0.156. The van der Waals surface area contributed by atoms with Crippen molar-refractivity contribution in [2.24, 2.45) is 5.92 Å². The molecule has 0 aliphatic carbocycles. The molecule has 1 aromatic carbocycles. The number of anilines is 2. The van der Waals surface area contributed by atoms with Gasteiger partial charge in [-0.25, -0.2) is 0 Å². The SMILES string of the molecule is CC(C)CNc1nnc(SC(C)C(=O)Nc2ccc(Cl)cc2Cl)s1. The minimum atomic E-state index is -0.331. The summed E-state index contributed by atoms with van der Waals surface area (Å²) in [7, 11) is 0. The summed E-state index contributed by atoms with van der Waals surface area (Å²) in [6.45, 7) is 6.90. The predicted octanol–water partition coefficient (Wildman–Crippen LogP) is 5.03. The molecule has 0 bridgehead atoms. The first-order valence-electron chi connectivity index (χ1n) is 7.35. The number of rotatable bonds is 7. The number of benzene rings is 1. The lowest BCUT2D eigenvalue weighted by Gasteiger charge is -2.11. The van der Waals surface area contributed by atoms with Gasteiger partial charge in [0.05, 0.1) is 16.0 Å². The Morgan fingerprint density at radius 3 is 2.71 bits per heavy atom. The second-order valence-corrected chi connectivity index (χ2v) is 8.93. The third-order valence-electron chi connectivity index (χ3n) is 2.90. The van der Waals surface area contributed by atoms with Crippen molar-refractivity contribution in [1.29, 1.82) is 0 Å². The van der Waals surface area contributed by atoms with E-state index in [9.17, 15) is 4.79 Å². The van der Waals surface area contributed by atoms with Crippen LogP contribution in [0.1, 0.15) is 20.8 Å². The van der Waals surface area contributed by atoms with E-state index < -0.39 is 0 Å². The van der Waals surface area contributed by atoms with Crippen molar-refractivity contribution < 1.29 is 4.79 Å². The average Bonchev–Trinajstić information content (AvgIpc) is 2.95. The van der Waals surface area contributed by atoms with Crippen molar-refractivity contribution in [3.8, 4) is 0 Å². The van der Waals surface area contributed by atoms with Gasteiger partial charge in [0, 0.05) is 11.6 Å². The Kier molecular flexibility index (Phi) is 7.16. The number of carbonyl (C=O) groups excluding carboxylic acids is 1. The molecule has 2 aromatic rings. The fourth-order valence-corrected chi connectivity index (χ4v) is 4.01. The van der Waals surface area contributed by atoms with Crippen LogP contribution >= 0.6 is 46.3 Å². The van der Waals surface area contributed by atoms with Crippen LogP contribution in [0.3, 0.4) is 0 Å². The standard InChI is InChI=1S/C15H18Cl2N4OS2/c1-8(2)7-18-14-20-21-15(24-14)23-9(3)13(22)19-12-5-4-10(16)6-11(12)17/h4-6,8-9H,7H2,1-3H3,(H,18,20)(H,19,22). The van der Waals surface area contributed by atoms with E-state index in [0.717, 1.165) is 16.0 Å². The third-order valence-corrected chi connectivity index (χ3v) is 5.52. The molecule has 0 radical (unpaired) electrons. The van der Waals surface area contributed by atoms with E-state index in [4.69, 9.17) is 23.2 Å². The van der Waals surface area contributed by atoms with Crippen molar-refractivity contribution in [2.75, 3.05) is 17.2 Å². The Balaban J connectivity index is 1.91. The van der Waals surface area contributed by atoms with E-state index in [1.807, 2.05) is 6.92 Å². The van der Waals surface area contributed by atoms with Gasteiger partial charge in [-0.3, -0.25) is 4.79 Å². The van der Waals surface area contributed by atoms with Gasteiger partial charge >= 0.3 is 0 Å². The van der Waals surface area contributed by atoms with Gasteiger partial charge in [-0.15, -0.1) is 10.2 Å². The summed E-state index contributed by atoms with van der Waals surface area (Å²) in [5.41, 5.74) is 0.537. The van der Waals surface area contributed by atoms with E-state index >= 15 is 0 Å². The summed E-state index contributed by atoms with van der Waals surface area (Å²) in [6.07, 6.45) is 0. The monoisotopic (exact) mass is 404 g/mol. The molecule has 0 aliphatic heterocycles. The highest BCUT2D eigenvalue weighted by molar-refractivity contribution is 8.02. The Morgan fingerprint density at radius 2 is 2.04 bits per heavy atom. The van der Waals surface area contributed by atoms with Crippen molar-refractivity contribution in [2.45, 2.75) is 30.4 Å². The Morgan fingerprint density at radius 1 is 1.29 bits per heavy atom. The molecular formula is C15H18Cl2N4OS2. The molecule has 5 nitrogen and oxygen atoms in total. The van der Waals surface area contributed by atoms with Gasteiger partial charge < -0.3 is 10.6 Å². The molecule has 1 unspecified atom stereocenters. The Hall–Kier alpha value is -1.02. The van der Waals surface area contributed by atoms with E-state index in [2.05, 4.69) is 34.7 Å². The van der Waals surface area contributed by atoms with Gasteiger partial charge in [-0.2, -0.15) is 0 Å². The zero-order chi connectivity index (χ0) is 17.7. The Labute approximate surface area is 159 Å². The van der Waals surface area contributed by atoms with Gasteiger partial charge in [0.15, 0.2) is 4.34 Å². The van der Waals surface area contributed by atoms with Crippen LogP contribution in [-0.4, -0.2) is 27.9 Å². The predicted molar refractivity (Wildman–Crippen MR) is 104 cm³/mol. The largest absolute Gasteiger partial charge is 0.360 e. The lowest BCUT2D eigenvalue weighted by atomic mass is 10.2. The van der Waals surface area contributed by atoms with Gasteiger partial charge in [0.1, 0.15) is 0 Å². The summed E-state index contributed by atoms with van der Waals surface area (Å²) in [6, 6.07) is 4.95. The summed E-state index contributed by atoms with van der Waals surface area (Å²) >= 11 is 14.7. The Bertz CT molecular complexity index is 709. The first kappa shape index (κ1) is 19.3. The fraction of sp³-hybridized carbons (Fsp3) is 0.400. The number of nitrogens with one attached hydrogen (secondary N) is 2. The minimum Gasteiger partial charge on any atom is -0.360 e. The van der Waals surface area contributed by atoms with Crippen LogP contribution in [0.4, 0.5) is 10.8 Å². The molecule has 1 amide bonds. The van der Waals surface area contributed by atoms with E-state index in [1.165, 1.54) is 23.1 Å². The number of carbonyl (C=O) groups is 1. The normalized spacial score (nSPS) is 12.2. The molecule has 1 atom stereocenters. The summed E-state index contributed by atoms with van der Waals surface area (Å²) in [4.78, 5) is 12.3.